The molecule has 0 aliphatic carbocycles. The van der Waals surface area contributed by atoms with Crippen LogP contribution in [0.1, 0.15) is 19.8 Å². The summed E-state index contributed by atoms with van der Waals surface area (Å²) in [6, 6.07) is 5.67. The molecule has 2 heterocycles. The van der Waals surface area contributed by atoms with Crippen LogP contribution in [0, 0.1) is 0 Å². The summed E-state index contributed by atoms with van der Waals surface area (Å²) in [4.78, 5) is 11.6. The molecule has 0 saturated carbocycles. The van der Waals surface area contributed by atoms with Gasteiger partial charge in [0.1, 0.15) is 0 Å². The van der Waals surface area contributed by atoms with Crippen molar-refractivity contribution in [2.45, 2.75) is 30.2 Å². The van der Waals surface area contributed by atoms with Crippen molar-refractivity contribution >= 4 is 23.3 Å². The Morgan fingerprint density at radius 3 is 3.11 bits per heavy atom. The number of nitrogens with two attached hydrogens (primary N) is 1. The molecule has 1 amide bonds. The molecule has 6 nitrogen and oxygen atoms in total. The number of fused-ring (bicyclic) bond motifs is 1. The lowest BCUT2D eigenvalue weighted by Gasteiger charge is -2.12. The quantitative estimate of drug-likeness (QED) is 0.364. The van der Waals surface area contributed by atoms with Crippen molar-refractivity contribution < 1.29 is 4.79 Å². The minimum absolute atomic E-state index is 0.186. The van der Waals surface area contributed by atoms with Gasteiger partial charge in [0.2, 0.25) is 5.91 Å². The Balaban J connectivity index is 2.23. The van der Waals surface area contributed by atoms with Gasteiger partial charge in [-0.3, -0.25) is 14.6 Å². The summed E-state index contributed by atoms with van der Waals surface area (Å²) in [5.74, 6) is 5.00. The van der Waals surface area contributed by atoms with Gasteiger partial charge in [-0.2, -0.15) is 0 Å². The molecule has 2 aromatic rings. The smallest absolute Gasteiger partial charge is 0.247 e. The minimum atomic E-state index is -0.243. The fraction of sp³-hybridized carbons (Fsp3) is 0.364. The normalized spacial score (nSPS) is 12.6. The second-order valence-electron chi connectivity index (χ2n) is 3.82. The second kappa shape index (κ2) is 5.83. The summed E-state index contributed by atoms with van der Waals surface area (Å²) in [7, 11) is 0. The van der Waals surface area contributed by atoms with E-state index in [2.05, 4.69) is 15.6 Å². The first kappa shape index (κ1) is 12.8. The molecular formula is C11H15N5OS. The third-order valence-corrected chi connectivity index (χ3v) is 3.74. The van der Waals surface area contributed by atoms with E-state index in [-0.39, 0.29) is 11.2 Å². The van der Waals surface area contributed by atoms with E-state index in [4.69, 9.17) is 5.84 Å². The molecule has 0 spiro atoms. The number of carbonyl (C=O) groups is 1. The van der Waals surface area contributed by atoms with Gasteiger partial charge in [-0.25, -0.2) is 5.84 Å². The Hall–Kier alpha value is -1.60. The number of hydrogen-bond donors (Lipinski definition) is 2. The lowest BCUT2D eigenvalue weighted by Crippen LogP contribution is -2.37. The van der Waals surface area contributed by atoms with Crippen molar-refractivity contribution in [3.63, 3.8) is 0 Å². The molecule has 1 atom stereocenters. The summed E-state index contributed by atoms with van der Waals surface area (Å²) in [6.45, 7) is 2.03. The fourth-order valence-electron chi connectivity index (χ4n) is 1.63. The van der Waals surface area contributed by atoms with Crippen LogP contribution in [0.5, 0.6) is 0 Å². The maximum absolute atomic E-state index is 11.6. The molecule has 18 heavy (non-hydrogen) atoms. The molecule has 0 radical (unpaired) electrons. The van der Waals surface area contributed by atoms with Gasteiger partial charge < -0.3 is 0 Å². The SMILES string of the molecule is CCCC(Sc1nnc2ccccn12)C(=O)NN. The third-order valence-electron chi connectivity index (χ3n) is 2.52. The molecule has 0 bridgehead atoms. The average Bonchev–Trinajstić information content (AvgIpc) is 2.81. The van der Waals surface area contributed by atoms with E-state index >= 15 is 0 Å². The van der Waals surface area contributed by atoms with Gasteiger partial charge >= 0.3 is 0 Å². The molecule has 0 fully saturated rings. The second-order valence-corrected chi connectivity index (χ2v) is 4.99. The first-order valence-corrected chi connectivity index (χ1v) is 6.61. The van der Waals surface area contributed by atoms with E-state index in [0.717, 1.165) is 18.5 Å². The number of rotatable bonds is 5. The van der Waals surface area contributed by atoms with E-state index in [0.29, 0.717) is 5.16 Å². The molecule has 96 valence electrons. The van der Waals surface area contributed by atoms with Crippen LogP contribution in [0.15, 0.2) is 29.6 Å². The maximum Gasteiger partial charge on any atom is 0.247 e. The molecule has 0 saturated heterocycles. The highest BCUT2D eigenvalue weighted by atomic mass is 32.2. The van der Waals surface area contributed by atoms with Gasteiger partial charge in [0.25, 0.3) is 0 Å². The molecule has 3 N–H and O–H groups in total. The summed E-state index contributed by atoms with van der Waals surface area (Å²) in [6.07, 6.45) is 3.53. The molecule has 0 aliphatic rings. The molecule has 1 unspecified atom stereocenters. The monoisotopic (exact) mass is 265 g/mol. The first-order valence-electron chi connectivity index (χ1n) is 5.73. The Labute approximate surface area is 109 Å². The van der Waals surface area contributed by atoms with Gasteiger partial charge in [-0.1, -0.05) is 31.2 Å². The topological polar surface area (TPSA) is 85.3 Å². The van der Waals surface area contributed by atoms with Gasteiger partial charge in [0.05, 0.1) is 5.25 Å². The van der Waals surface area contributed by atoms with E-state index in [1.165, 1.54) is 11.8 Å². The maximum atomic E-state index is 11.6. The molecule has 2 rings (SSSR count). The highest BCUT2D eigenvalue weighted by molar-refractivity contribution is 8.00. The first-order chi connectivity index (χ1) is 8.76. The van der Waals surface area contributed by atoms with E-state index < -0.39 is 0 Å². The molecule has 2 aromatic heterocycles. The molecule has 7 heteroatoms. The zero-order valence-electron chi connectivity index (χ0n) is 10.0. The van der Waals surface area contributed by atoms with E-state index in [9.17, 15) is 4.79 Å². The van der Waals surface area contributed by atoms with Crippen LogP contribution in [0.3, 0.4) is 0 Å². The van der Waals surface area contributed by atoms with Gasteiger partial charge in [-0.05, 0) is 18.6 Å². The van der Waals surface area contributed by atoms with Crippen LogP contribution in [0.2, 0.25) is 0 Å². The van der Waals surface area contributed by atoms with Crippen LogP contribution in [-0.4, -0.2) is 25.8 Å². The summed E-state index contributed by atoms with van der Waals surface area (Å²) in [5, 5.41) is 8.59. The van der Waals surface area contributed by atoms with Crippen molar-refractivity contribution in [1.82, 2.24) is 20.0 Å². The molecule has 0 aromatic carbocycles. The highest BCUT2D eigenvalue weighted by Gasteiger charge is 2.20. The summed E-state index contributed by atoms with van der Waals surface area (Å²) >= 11 is 1.38. The Morgan fingerprint density at radius 2 is 2.39 bits per heavy atom. The van der Waals surface area contributed by atoms with Crippen LogP contribution >= 0.6 is 11.8 Å². The van der Waals surface area contributed by atoms with Crippen molar-refractivity contribution in [3.8, 4) is 0 Å². The Kier molecular flexibility index (Phi) is 4.16. The zero-order chi connectivity index (χ0) is 13.0. The minimum Gasteiger partial charge on any atom is -0.293 e. The molecule has 0 aliphatic heterocycles. The predicted molar refractivity (Wildman–Crippen MR) is 69.9 cm³/mol. The number of amides is 1. The lowest BCUT2D eigenvalue weighted by molar-refractivity contribution is -0.120. The highest BCUT2D eigenvalue weighted by Crippen LogP contribution is 2.25. The summed E-state index contributed by atoms with van der Waals surface area (Å²) < 4.78 is 1.86. The van der Waals surface area contributed by atoms with E-state index in [1.807, 2.05) is 35.7 Å². The summed E-state index contributed by atoms with van der Waals surface area (Å²) in [5.41, 5.74) is 2.96. The van der Waals surface area contributed by atoms with Gasteiger partial charge in [0, 0.05) is 6.20 Å². The number of thioether (sulfide) groups is 1. The number of hydrogen-bond acceptors (Lipinski definition) is 5. The average molecular weight is 265 g/mol. The zero-order valence-corrected chi connectivity index (χ0v) is 10.9. The van der Waals surface area contributed by atoms with Gasteiger partial charge in [0.15, 0.2) is 10.8 Å². The number of hydrazine groups is 1. The van der Waals surface area contributed by atoms with Crippen molar-refractivity contribution in [2.24, 2.45) is 5.84 Å². The van der Waals surface area contributed by atoms with Crippen molar-refractivity contribution in [3.05, 3.63) is 24.4 Å². The number of nitrogens with one attached hydrogen (secondary N) is 1. The third kappa shape index (κ3) is 2.62. The standard InChI is InChI=1S/C11H15N5OS/c1-2-5-8(10(17)13-12)18-11-15-14-9-6-3-4-7-16(9)11/h3-4,6-8H,2,5,12H2,1H3,(H,13,17). The van der Waals surface area contributed by atoms with Crippen LogP contribution < -0.4 is 11.3 Å². The van der Waals surface area contributed by atoms with E-state index in [1.54, 1.807) is 0 Å². The number of carbonyl (C=O) groups excluding carboxylic acids is 1. The van der Waals surface area contributed by atoms with Crippen LogP contribution in [-0.2, 0) is 4.79 Å². The fourth-order valence-corrected chi connectivity index (χ4v) is 2.76. The van der Waals surface area contributed by atoms with Crippen molar-refractivity contribution in [1.29, 1.82) is 0 Å². The number of aromatic nitrogens is 3. The lowest BCUT2D eigenvalue weighted by atomic mass is 10.2. The van der Waals surface area contributed by atoms with Crippen LogP contribution in [0.4, 0.5) is 0 Å². The number of nitrogens with zero attached hydrogens (tertiary/aromatic N) is 3. The Bertz CT molecular complexity index is 541. The predicted octanol–water partition coefficient (Wildman–Crippen LogP) is 0.980. The Morgan fingerprint density at radius 1 is 1.56 bits per heavy atom. The molecular weight excluding hydrogens is 250 g/mol. The van der Waals surface area contributed by atoms with Crippen LogP contribution in [0.25, 0.3) is 5.65 Å². The van der Waals surface area contributed by atoms with Crippen molar-refractivity contribution in [2.75, 3.05) is 0 Å². The number of pyridine rings is 1. The largest absolute Gasteiger partial charge is 0.293 e. The van der Waals surface area contributed by atoms with Gasteiger partial charge in [-0.15, -0.1) is 10.2 Å².